The summed E-state index contributed by atoms with van der Waals surface area (Å²) in [5, 5.41) is 8.40. The molecule has 18 heavy (non-hydrogen) atoms. The number of carbonyl (C=O) groups is 1. The molecule has 5 nitrogen and oxygen atoms in total. The SMILES string of the molecule is Cl.NCC(NC(=O)c1csnn1)C1CCCCC1. The quantitative estimate of drug-likeness (QED) is 0.882. The number of carbonyl (C=O) groups excluding carboxylic acids is 1. The van der Waals surface area contributed by atoms with Gasteiger partial charge in [-0.2, -0.15) is 0 Å². The molecular formula is C11H19ClN4OS. The first-order valence-corrected chi connectivity index (χ1v) is 6.93. The lowest BCUT2D eigenvalue weighted by molar-refractivity contribution is 0.0910. The molecular weight excluding hydrogens is 272 g/mol. The zero-order valence-corrected chi connectivity index (χ0v) is 11.8. The molecule has 0 aliphatic heterocycles. The molecule has 1 aromatic heterocycles. The van der Waals surface area contributed by atoms with Crippen LogP contribution in [0.1, 0.15) is 42.6 Å². The standard InChI is InChI=1S/C11H18N4OS.ClH/c12-6-9(8-4-2-1-3-5-8)13-11(16)10-7-17-15-14-10;/h7-9H,1-6,12H2,(H,13,16);1H. The van der Waals surface area contributed by atoms with Crippen molar-refractivity contribution < 1.29 is 4.79 Å². The fourth-order valence-corrected chi connectivity index (χ4v) is 2.85. The van der Waals surface area contributed by atoms with E-state index in [1.165, 1.54) is 30.8 Å². The van der Waals surface area contributed by atoms with Gasteiger partial charge in [0.15, 0.2) is 5.69 Å². The summed E-state index contributed by atoms with van der Waals surface area (Å²) in [6, 6.07) is 0.0736. The highest BCUT2D eigenvalue weighted by molar-refractivity contribution is 7.03. The lowest BCUT2D eigenvalue weighted by atomic mass is 9.84. The van der Waals surface area contributed by atoms with Crippen molar-refractivity contribution in [1.29, 1.82) is 0 Å². The Morgan fingerprint density at radius 3 is 2.78 bits per heavy atom. The number of nitrogens with zero attached hydrogens (tertiary/aromatic N) is 2. The molecule has 1 fully saturated rings. The van der Waals surface area contributed by atoms with Crippen molar-refractivity contribution in [2.75, 3.05) is 6.54 Å². The van der Waals surface area contributed by atoms with Crippen molar-refractivity contribution in [3.05, 3.63) is 11.1 Å². The molecule has 1 aliphatic carbocycles. The van der Waals surface area contributed by atoms with Crippen molar-refractivity contribution in [1.82, 2.24) is 14.9 Å². The van der Waals surface area contributed by atoms with Gasteiger partial charge >= 0.3 is 0 Å². The van der Waals surface area contributed by atoms with E-state index in [1.54, 1.807) is 5.38 Å². The van der Waals surface area contributed by atoms with Crippen LogP contribution >= 0.6 is 23.9 Å². The normalized spacial score (nSPS) is 17.8. The summed E-state index contributed by atoms with van der Waals surface area (Å²) < 4.78 is 3.69. The average Bonchev–Trinajstić information content (AvgIpc) is 2.90. The summed E-state index contributed by atoms with van der Waals surface area (Å²) in [5.41, 5.74) is 6.15. The summed E-state index contributed by atoms with van der Waals surface area (Å²) in [4.78, 5) is 11.9. The first-order valence-electron chi connectivity index (χ1n) is 6.09. The third-order valence-corrected chi connectivity index (χ3v) is 3.89. The largest absolute Gasteiger partial charge is 0.346 e. The van der Waals surface area contributed by atoms with E-state index in [0.717, 1.165) is 12.8 Å². The minimum Gasteiger partial charge on any atom is -0.346 e. The molecule has 0 aromatic carbocycles. The average molecular weight is 291 g/mol. The lowest BCUT2D eigenvalue weighted by Crippen LogP contribution is -2.46. The van der Waals surface area contributed by atoms with Crippen LogP contribution in [-0.4, -0.2) is 28.1 Å². The van der Waals surface area contributed by atoms with Crippen molar-refractivity contribution >= 4 is 29.8 Å². The summed E-state index contributed by atoms with van der Waals surface area (Å²) in [6.07, 6.45) is 6.12. The minimum absolute atomic E-state index is 0. The molecule has 1 aliphatic rings. The molecule has 1 heterocycles. The van der Waals surface area contributed by atoms with Crippen LogP contribution in [0.5, 0.6) is 0 Å². The summed E-state index contributed by atoms with van der Waals surface area (Å²) in [6.45, 7) is 0.494. The Bertz CT molecular complexity index is 354. The van der Waals surface area contributed by atoms with Crippen molar-refractivity contribution in [3.8, 4) is 0 Å². The van der Waals surface area contributed by atoms with Gasteiger partial charge in [0, 0.05) is 18.0 Å². The van der Waals surface area contributed by atoms with Crippen molar-refractivity contribution in [2.24, 2.45) is 11.7 Å². The Hall–Kier alpha value is -0.720. The Morgan fingerprint density at radius 1 is 1.50 bits per heavy atom. The first kappa shape index (κ1) is 15.3. The maximum Gasteiger partial charge on any atom is 0.273 e. The number of aromatic nitrogens is 2. The lowest BCUT2D eigenvalue weighted by Gasteiger charge is -2.29. The maximum absolute atomic E-state index is 11.9. The number of amides is 1. The van der Waals surface area contributed by atoms with Crippen LogP contribution < -0.4 is 11.1 Å². The Balaban J connectivity index is 0.00000162. The van der Waals surface area contributed by atoms with Gasteiger partial charge in [-0.25, -0.2) is 0 Å². The predicted octanol–water partition coefficient (Wildman–Crippen LogP) is 1.60. The van der Waals surface area contributed by atoms with Crippen LogP contribution in [-0.2, 0) is 0 Å². The van der Waals surface area contributed by atoms with Crippen LogP contribution in [0.3, 0.4) is 0 Å². The minimum atomic E-state index is -0.153. The summed E-state index contributed by atoms with van der Waals surface area (Å²) >= 11 is 1.18. The predicted molar refractivity (Wildman–Crippen MR) is 74.0 cm³/mol. The molecule has 1 amide bonds. The van der Waals surface area contributed by atoms with Gasteiger partial charge in [0.05, 0.1) is 0 Å². The first-order chi connectivity index (χ1) is 8.31. The van der Waals surface area contributed by atoms with E-state index in [9.17, 15) is 4.79 Å². The number of nitrogens with one attached hydrogen (secondary N) is 1. The molecule has 2 rings (SSSR count). The number of halogens is 1. The molecule has 0 spiro atoms. The molecule has 0 saturated heterocycles. The Labute approximate surface area is 117 Å². The summed E-state index contributed by atoms with van der Waals surface area (Å²) in [7, 11) is 0. The number of hydrogen-bond donors (Lipinski definition) is 2. The van der Waals surface area contributed by atoms with Crippen molar-refractivity contribution in [3.63, 3.8) is 0 Å². The topological polar surface area (TPSA) is 80.9 Å². The van der Waals surface area contributed by atoms with Gasteiger partial charge in [0.1, 0.15) is 0 Å². The molecule has 3 N–H and O–H groups in total. The molecule has 1 aromatic rings. The smallest absolute Gasteiger partial charge is 0.273 e. The third kappa shape index (κ3) is 3.90. The van der Waals surface area contributed by atoms with E-state index in [1.807, 2.05) is 0 Å². The van der Waals surface area contributed by atoms with Gasteiger partial charge in [-0.05, 0) is 30.3 Å². The second kappa shape index (κ2) is 7.66. The number of nitrogens with two attached hydrogens (primary N) is 1. The molecule has 0 radical (unpaired) electrons. The van der Waals surface area contributed by atoms with Crippen LogP contribution in [0.2, 0.25) is 0 Å². The molecule has 1 saturated carbocycles. The van der Waals surface area contributed by atoms with E-state index in [4.69, 9.17) is 5.73 Å². The van der Waals surface area contributed by atoms with E-state index in [2.05, 4.69) is 14.9 Å². The molecule has 1 atom stereocenters. The van der Waals surface area contributed by atoms with Crippen LogP contribution in [0.4, 0.5) is 0 Å². The number of hydrogen-bond acceptors (Lipinski definition) is 5. The van der Waals surface area contributed by atoms with Gasteiger partial charge in [-0.3, -0.25) is 4.79 Å². The zero-order chi connectivity index (χ0) is 12.1. The monoisotopic (exact) mass is 290 g/mol. The highest BCUT2D eigenvalue weighted by Gasteiger charge is 2.24. The second-order valence-electron chi connectivity index (χ2n) is 4.50. The highest BCUT2D eigenvalue weighted by Crippen LogP contribution is 2.26. The van der Waals surface area contributed by atoms with E-state index in [-0.39, 0.29) is 24.4 Å². The third-order valence-electron chi connectivity index (χ3n) is 3.38. The molecule has 0 bridgehead atoms. The second-order valence-corrected chi connectivity index (χ2v) is 5.11. The van der Waals surface area contributed by atoms with Crippen LogP contribution in [0.15, 0.2) is 5.38 Å². The van der Waals surface area contributed by atoms with Gasteiger partial charge in [0.2, 0.25) is 0 Å². The zero-order valence-electron chi connectivity index (χ0n) is 10.2. The molecule has 7 heteroatoms. The fourth-order valence-electron chi connectivity index (χ4n) is 2.41. The Kier molecular flexibility index (Phi) is 6.52. The molecule has 102 valence electrons. The van der Waals surface area contributed by atoms with Crippen molar-refractivity contribution in [2.45, 2.75) is 38.1 Å². The summed E-state index contributed by atoms with van der Waals surface area (Å²) in [5.74, 6) is 0.365. The van der Waals surface area contributed by atoms with Gasteiger partial charge in [0.25, 0.3) is 5.91 Å². The maximum atomic E-state index is 11.9. The highest BCUT2D eigenvalue weighted by atomic mass is 35.5. The fraction of sp³-hybridized carbons (Fsp3) is 0.727. The van der Waals surface area contributed by atoms with E-state index in [0.29, 0.717) is 18.2 Å². The van der Waals surface area contributed by atoms with Gasteiger partial charge in [-0.1, -0.05) is 23.8 Å². The van der Waals surface area contributed by atoms with Crippen LogP contribution in [0, 0.1) is 5.92 Å². The van der Waals surface area contributed by atoms with Gasteiger partial charge < -0.3 is 11.1 Å². The van der Waals surface area contributed by atoms with Crippen LogP contribution in [0.25, 0.3) is 0 Å². The van der Waals surface area contributed by atoms with E-state index >= 15 is 0 Å². The molecule has 1 unspecified atom stereocenters. The number of rotatable bonds is 4. The van der Waals surface area contributed by atoms with E-state index < -0.39 is 0 Å². The van der Waals surface area contributed by atoms with Gasteiger partial charge in [-0.15, -0.1) is 17.5 Å². The Morgan fingerprint density at radius 2 is 2.22 bits per heavy atom.